The molecule has 3 fully saturated rings. The van der Waals surface area contributed by atoms with Crippen LogP contribution in [0.3, 0.4) is 0 Å². The Morgan fingerprint density at radius 1 is 1.20 bits per heavy atom. The molecule has 7 atom stereocenters. The first-order valence-corrected chi connectivity index (χ1v) is 9.46. The first kappa shape index (κ1) is 15.7. The Morgan fingerprint density at radius 2 is 1.92 bits per heavy atom. The highest BCUT2D eigenvalue weighted by atomic mass is 16.8. The van der Waals surface area contributed by atoms with Gasteiger partial charge in [0.1, 0.15) is 0 Å². The first-order valence-electron chi connectivity index (χ1n) is 9.46. The highest BCUT2D eigenvalue weighted by Gasteiger charge is 2.77. The number of ether oxygens (including phenoxy) is 2. The van der Waals surface area contributed by atoms with Gasteiger partial charge in [-0.2, -0.15) is 0 Å². The van der Waals surface area contributed by atoms with Crippen molar-refractivity contribution in [3.63, 3.8) is 0 Å². The van der Waals surface area contributed by atoms with Crippen molar-refractivity contribution < 1.29 is 19.1 Å². The van der Waals surface area contributed by atoms with Gasteiger partial charge < -0.3 is 9.47 Å². The maximum atomic E-state index is 14.0. The Hall–Kier alpha value is -1.58. The Balaban J connectivity index is 1.79. The second-order valence-electron chi connectivity index (χ2n) is 9.67. The lowest BCUT2D eigenvalue weighted by atomic mass is 9.59. The van der Waals surface area contributed by atoms with Crippen molar-refractivity contribution in [3.8, 4) is 0 Å². The van der Waals surface area contributed by atoms with Crippen LogP contribution in [0.5, 0.6) is 0 Å². The summed E-state index contributed by atoms with van der Waals surface area (Å²) in [7, 11) is 0. The van der Waals surface area contributed by atoms with Crippen LogP contribution in [0, 0.1) is 34.5 Å². The van der Waals surface area contributed by atoms with Gasteiger partial charge in [0, 0.05) is 12.3 Å². The molecule has 4 aliphatic carbocycles. The minimum Gasteiger partial charge on any atom is -0.422 e. The molecule has 1 aliphatic heterocycles. The minimum atomic E-state index is -0.888. The SMILES string of the molecule is CC1=C[C@]23C(=O)[C@@H](C=C(C)[C@H]4OC(=O)O[C@]42C1)[C@H]1[C@@H](C[C@H]3C)C1(C)C. The third-order valence-corrected chi connectivity index (χ3v) is 8.10. The Kier molecular flexibility index (Phi) is 2.64. The van der Waals surface area contributed by atoms with E-state index < -0.39 is 23.3 Å². The summed E-state index contributed by atoms with van der Waals surface area (Å²) in [4.78, 5) is 26.1. The topological polar surface area (TPSA) is 52.6 Å². The molecule has 5 aliphatic rings. The van der Waals surface area contributed by atoms with E-state index in [0.717, 1.165) is 17.6 Å². The predicted octanol–water partition coefficient (Wildman–Crippen LogP) is 4.05. The van der Waals surface area contributed by atoms with E-state index in [9.17, 15) is 9.59 Å². The summed E-state index contributed by atoms with van der Waals surface area (Å²) in [5, 5.41) is 0. The number of hydrogen-bond donors (Lipinski definition) is 0. The minimum absolute atomic E-state index is 0.100. The van der Waals surface area contributed by atoms with Gasteiger partial charge in [-0.05, 0) is 49.0 Å². The standard InChI is InChI=1S/C21H26O4/c1-10-8-20-12(3)7-14-15(19(14,4)5)13(16(20)22)6-11(2)17-21(20,9-10)25-18(23)24-17/h6,8,12-15,17H,7,9H2,1-5H3/t12-,13+,14-,15+,17-,20+,21-/m1/s1. The monoisotopic (exact) mass is 342 g/mol. The number of Topliss-reactive ketones (excluding diaryl/α,β-unsaturated/α-hetero) is 1. The van der Waals surface area contributed by atoms with E-state index in [2.05, 4.69) is 32.9 Å². The average molecular weight is 342 g/mol. The number of carbonyl (C=O) groups excluding carboxylic acids is 2. The van der Waals surface area contributed by atoms with Crippen LogP contribution < -0.4 is 0 Å². The molecule has 2 bridgehead atoms. The van der Waals surface area contributed by atoms with Gasteiger partial charge in [0.25, 0.3) is 0 Å². The summed E-state index contributed by atoms with van der Waals surface area (Å²) in [6.45, 7) is 10.8. The zero-order chi connectivity index (χ0) is 17.9. The maximum Gasteiger partial charge on any atom is 0.509 e. The van der Waals surface area contributed by atoms with E-state index in [1.165, 1.54) is 0 Å². The molecule has 4 heteroatoms. The lowest BCUT2D eigenvalue weighted by molar-refractivity contribution is -0.147. The fourth-order valence-electron chi connectivity index (χ4n) is 7.02. The maximum absolute atomic E-state index is 14.0. The van der Waals surface area contributed by atoms with Gasteiger partial charge in [0.05, 0.1) is 5.41 Å². The van der Waals surface area contributed by atoms with Crippen LogP contribution in [-0.4, -0.2) is 23.6 Å². The third kappa shape index (κ3) is 1.52. The van der Waals surface area contributed by atoms with Crippen LogP contribution in [-0.2, 0) is 14.3 Å². The predicted molar refractivity (Wildman–Crippen MR) is 91.7 cm³/mol. The van der Waals surface area contributed by atoms with E-state index in [0.29, 0.717) is 18.3 Å². The van der Waals surface area contributed by atoms with Crippen LogP contribution in [0.4, 0.5) is 4.79 Å². The second kappa shape index (κ2) is 4.21. The van der Waals surface area contributed by atoms with Crippen molar-refractivity contribution >= 4 is 11.9 Å². The highest BCUT2D eigenvalue weighted by molar-refractivity contribution is 5.95. The fourth-order valence-corrected chi connectivity index (χ4v) is 7.02. The molecule has 2 spiro atoms. The Morgan fingerprint density at radius 3 is 2.64 bits per heavy atom. The normalized spacial score (nSPS) is 51.8. The van der Waals surface area contributed by atoms with Crippen LogP contribution in [0.25, 0.3) is 0 Å². The van der Waals surface area contributed by atoms with Gasteiger partial charge in [0.2, 0.25) is 0 Å². The van der Waals surface area contributed by atoms with Crippen molar-refractivity contribution in [1.82, 2.24) is 0 Å². The number of rotatable bonds is 0. The van der Waals surface area contributed by atoms with Gasteiger partial charge in [-0.15, -0.1) is 0 Å². The van der Waals surface area contributed by atoms with E-state index in [1.54, 1.807) is 0 Å². The van der Waals surface area contributed by atoms with E-state index >= 15 is 0 Å². The quantitative estimate of drug-likeness (QED) is 0.492. The highest BCUT2D eigenvalue weighted by Crippen LogP contribution is 2.72. The molecule has 0 aromatic heterocycles. The van der Waals surface area contributed by atoms with Crippen molar-refractivity contribution in [3.05, 3.63) is 23.3 Å². The zero-order valence-corrected chi connectivity index (χ0v) is 15.6. The van der Waals surface area contributed by atoms with Crippen LogP contribution in [0.2, 0.25) is 0 Å². The van der Waals surface area contributed by atoms with Crippen LogP contribution in [0.15, 0.2) is 23.3 Å². The van der Waals surface area contributed by atoms with E-state index in [4.69, 9.17) is 9.47 Å². The molecule has 0 aromatic rings. The number of fused-ring (bicyclic) bond motifs is 3. The molecule has 0 radical (unpaired) electrons. The van der Waals surface area contributed by atoms with Crippen LogP contribution >= 0.6 is 0 Å². The number of hydrogen-bond acceptors (Lipinski definition) is 4. The van der Waals surface area contributed by atoms with Crippen molar-refractivity contribution in [2.75, 3.05) is 0 Å². The molecular weight excluding hydrogens is 316 g/mol. The summed E-state index contributed by atoms with van der Waals surface area (Å²) in [5.74, 6) is 1.22. The number of carbonyl (C=O) groups is 2. The Bertz CT molecular complexity index is 775. The van der Waals surface area contributed by atoms with Crippen molar-refractivity contribution in [2.24, 2.45) is 34.5 Å². The molecule has 0 unspecified atom stereocenters. The molecule has 1 saturated heterocycles. The summed E-state index contributed by atoms with van der Waals surface area (Å²) in [5.41, 5.74) is 0.669. The van der Waals surface area contributed by atoms with Crippen molar-refractivity contribution in [1.29, 1.82) is 0 Å². The van der Waals surface area contributed by atoms with Crippen molar-refractivity contribution in [2.45, 2.75) is 59.2 Å². The van der Waals surface area contributed by atoms with Gasteiger partial charge >= 0.3 is 6.16 Å². The second-order valence-corrected chi connectivity index (χ2v) is 9.67. The number of ketones is 1. The first-order chi connectivity index (χ1) is 11.6. The number of allylic oxidation sites excluding steroid dienone is 1. The molecule has 134 valence electrons. The smallest absolute Gasteiger partial charge is 0.422 e. The van der Waals surface area contributed by atoms with E-state index in [1.807, 2.05) is 13.8 Å². The van der Waals surface area contributed by atoms with Gasteiger partial charge in [0.15, 0.2) is 17.5 Å². The molecule has 0 amide bonds. The lowest BCUT2D eigenvalue weighted by Gasteiger charge is -2.45. The molecule has 0 aromatic carbocycles. The van der Waals surface area contributed by atoms with Crippen LogP contribution in [0.1, 0.15) is 47.5 Å². The average Bonchev–Trinajstić information content (AvgIpc) is 2.81. The molecular formula is C21H26O4. The summed E-state index contributed by atoms with van der Waals surface area (Å²) >= 11 is 0. The van der Waals surface area contributed by atoms with Gasteiger partial charge in [-0.1, -0.05) is 38.5 Å². The molecule has 2 saturated carbocycles. The third-order valence-electron chi connectivity index (χ3n) is 8.10. The zero-order valence-electron chi connectivity index (χ0n) is 15.6. The molecule has 0 N–H and O–H groups in total. The summed E-state index contributed by atoms with van der Waals surface area (Å²) in [6.07, 6.45) is 4.74. The summed E-state index contributed by atoms with van der Waals surface area (Å²) < 4.78 is 11.5. The molecule has 25 heavy (non-hydrogen) atoms. The fraction of sp³-hybridized carbons (Fsp3) is 0.714. The lowest BCUT2D eigenvalue weighted by Crippen LogP contribution is -2.58. The van der Waals surface area contributed by atoms with E-state index in [-0.39, 0.29) is 23.0 Å². The summed E-state index contributed by atoms with van der Waals surface area (Å²) in [6, 6.07) is 0. The molecule has 4 nitrogen and oxygen atoms in total. The Labute approximate surface area is 148 Å². The molecule has 1 heterocycles. The molecule has 5 rings (SSSR count). The van der Waals surface area contributed by atoms with Gasteiger partial charge in [-0.3, -0.25) is 4.79 Å². The van der Waals surface area contributed by atoms with Gasteiger partial charge in [-0.25, -0.2) is 4.79 Å². The largest absolute Gasteiger partial charge is 0.509 e.